The molecule has 0 radical (unpaired) electrons. The summed E-state index contributed by atoms with van der Waals surface area (Å²) >= 11 is 2.04. The summed E-state index contributed by atoms with van der Waals surface area (Å²) in [4.78, 5) is 0. The van der Waals surface area contributed by atoms with Crippen molar-refractivity contribution in [2.45, 2.75) is 45.3 Å². The quantitative estimate of drug-likeness (QED) is 0.431. The van der Waals surface area contributed by atoms with Crippen LogP contribution < -0.4 is 0 Å². The zero-order valence-corrected chi connectivity index (χ0v) is 10.0. The van der Waals surface area contributed by atoms with E-state index in [4.69, 9.17) is 0 Å². The molecule has 0 fully saturated rings. The third kappa shape index (κ3) is 8.17. The van der Waals surface area contributed by atoms with E-state index in [0.717, 1.165) is 17.2 Å². The fourth-order valence-electron chi connectivity index (χ4n) is 0.973. The van der Waals surface area contributed by atoms with Crippen molar-refractivity contribution in [3.63, 3.8) is 0 Å². The normalized spacial score (nSPS) is 10.5. The number of thioether (sulfide) groups is 1. The third-order valence-corrected chi connectivity index (χ3v) is 3.12. The second-order valence-corrected chi connectivity index (χ2v) is 5.44. The smallest absolute Gasteiger partial charge is 0.000968 e. The van der Waals surface area contributed by atoms with Crippen LogP contribution in [-0.2, 0) is 0 Å². The second-order valence-electron chi connectivity index (χ2n) is 3.76. The lowest BCUT2D eigenvalue weighted by molar-refractivity contribution is 0.799. The molecule has 0 aliphatic carbocycles. The molecule has 0 aromatic heterocycles. The standard InChI is InChI=1S/C12H22S/c1-10(2)12(5)8-6-7-9-13-11(3)4/h11H,1,5-9H2,2-4H3. The fourth-order valence-corrected chi connectivity index (χ4v) is 1.82. The van der Waals surface area contributed by atoms with Gasteiger partial charge in [0, 0.05) is 0 Å². The zero-order valence-electron chi connectivity index (χ0n) is 9.23. The van der Waals surface area contributed by atoms with Crippen molar-refractivity contribution < 1.29 is 0 Å². The van der Waals surface area contributed by atoms with Crippen LogP contribution in [0.5, 0.6) is 0 Å². The van der Waals surface area contributed by atoms with Crippen LogP contribution in [0.1, 0.15) is 40.0 Å². The van der Waals surface area contributed by atoms with Crippen molar-refractivity contribution in [1.82, 2.24) is 0 Å². The van der Waals surface area contributed by atoms with Crippen molar-refractivity contribution >= 4 is 11.8 Å². The Morgan fingerprint density at radius 3 is 2.31 bits per heavy atom. The summed E-state index contributed by atoms with van der Waals surface area (Å²) < 4.78 is 0. The summed E-state index contributed by atoms with van der Waals surface area (Å²) in [5.74, 6) is 1.28. The van der Waals surface area contributed by atoms with Gasteiger partial charge in [0.05, 0.1) is 0 Å². The average Bonchev–Trinajstić information content (AvgIpc) is 2.02. The van der Waals surface area contributed by atoms with Gasteiger partial charge < -0.3 is 0 Å². The summed E-state index contributed by atoms with van der Waals surface area (Å²) in [5, 5.41) is 0.768. The van der Waals surface area contributed by atoms with E-state index >= 15 is 0 Å². The van der Waals surface area contributed by atoms with Gasteiger partial charge in [-0.3, -0.25) is 0 Å². The molecule has 0 spiro atoms. The van der Waals surface area contributed by atoms with Gasteiger partial charge in [-0.2, -0.15) is 11.8 Å². The van der Waals surface area contributed by atoms with Crippen molar-refractivity contribution in [2.75, 3.05) is 5.75 Å². The monoisotopic (exact) mass is 198 g/mol. The van der Waals surface area contributed by atoms with E-state index < -0.39 is 0 Å². The van der Waals surface area contributed by atoms with Gasteiger partial charge >= 0.3 is 0 Å². The Hall–Kier alpha value is -0.170. The second kappa shape index (κ2) is 7.25. The largest absolute Gasteiger partial charge is 0.159 e. The van der Waals surface area contributed by atoms with Gasteiger partial charge in [-0.05, 0) is 37.2 Å². The van der Waals surface area contributed by atoms with Crippen LogP contribution in [0.2, 0.25) is 0 Å². The molecule has 0 atom stereocenters. The Kier molecular flexibility index (Phi) is 7.16. The molecule has 0 saturated carbocycles. The van der Waals surface area contributed by atoms with Crippen molar-refractivity contribution in [3.05, 3.63) is 24.3 Å². The number of hydrogen-bond donors (Lipinski definition) is 0. The van der Waals surface area contributed by atoms with Gasteiger partial charge in [0.25, 0.3) is 0 Å². The van der Waals surface area contributed by atoms with Crippen LogP contribution in [0.15, 0.2) is 24.3 Å². The van der Waals surface area contributed by atoms with E-state index in [1.807, 2.05) is 18.7 Å². The van der Waals surface area contributed by atoms with E-state index in [9.17, 15) is 0 Å². The first-order valence-electron chi connectivity index (χ1n) is 4.99. The molecule has 1 heteroatoms. The molecule has 0 aliphatic rings. The molecule has 0 heterocycles. The predicted octanol–water partition coefficient (Wildman–Crippen LogP) is 4.43. The summed E-state index contributed by atoms with van der Waals surface area (Å²) in [5.41, 5.74) is 2.35. The van der Waals surface area contributed by atoms with Gasteiger partial charge in [0.1, 0.15) is 0 Å². The molecule has 0 amide bonds. The minimum Gasteiger partial charge on any atom is -0.159 e. The van der Waals surface area contributed by atoms with Crippen LogP contribution in [0.4, 0.5) is 0 Å². The first-order valence-corrected chi connectivity index (χ1v) is 6.04. The number of unbranched alkanes of at least 4 members (excludes halogenated alkanes) is 1. The summed E-state index contributed by atoms with van der Waals surface area (Å²) in [6, 6.07) is 0. The van der Waals surface area contributed by atoms with E-state index in [-0.39, 0.29) is 0 Å². The number of hydrogen-bond acceptors (Lipinski definition) is 1. The molecule has 13 heavy (non-hydrogen) atoms. The lowest BCUT2D eigenvalue weighted by Crippen LogP contribution is -1.90. The van der Waals surface area contributed by atoms with Gasteiger partial charge in [-0.1, -0.05) is 38.2 Å². The van der Waals surface area contributed by atoms with Gasteiger partial charge in [0.2, 0.25) is 0 Å². The lowest BCUT2D eigenvalue weighted by Gasteiger charge is -2.06. The minimum absolute atomic E-state index is 0.768. The van der Waals surface area contributed by atoms with Crippen molar-refractivity contribution in [1.29, 1.82) is 0 Å². The Balaban J connectivity index is 3.26. The highest BCUT2D eigenvalue weighted by Crippen LogP contribution is 2.16. The topological polar surface area (TPSA) is 0 Å². The number of rotatable bonds is 7. The van der Waals surface area contributed by atoms with Gasteiger partial charge in [-0.15, -0.1) is 0 Å². The molecule has 0 aromatic rings. The highest BCUT2D eigenvalue weighted by Gasteiger charge is 1.97. The van der Waals surface area contributed by atoms with Crippen molar-refractivity contribution in [3.8, 4) is 0 Å². The van der Waals surface area contributed by atoms with Crippen LogP contribution >= 0.6 is 11.8 Å². The summed E-state index contributed by atoms with van der Waals surface area (Å²) in [6.07, 6.45) is 3.68. The van der Waals surface area contributed by atoms with Crippen molar-refractivity contribution in [2.24, 2.45) is 0 Å². The molecule has 0 bridgehead atoms. The fraction of sp³-hybridized carbons (Fsp3) is 0.667. The summed E-state index contributed by atoms with van der Waals surface area (Å²) in [6.45, 7) is 14.4. The van der Waals surface area contributed by atoms with Crippen LogP contribution in [0.25, 0.3) is 0 Å². The molecule has 0 rings (SSSR count). The van der Waals surface area contributed by atoms with E-state index in [1.165, 1.54) is 24.2 Å². The lowest BCUT2D eigenvalue weighted by atomic mass is 10.1. The van der Waals surface area contributed by atoms with E-state index in [0.29, 0.717) is 0 Å². The molecular weight excluding hydrogens is 176 g/mol. The Morgan fingerprint density at radius 1 is 1.23 bits per heavy atom. The predicted molar refractivity (Wildman–Crippen MR) is 65.4 cm³/mol. The molecule has 0 nitrogen and oxygen atoms in total. The van der Waals surface area contributed by atoms with E-state index in [2.05, 4.69) is 27.0 Å². The van der Waals surface area contributed by atoms with Crippen LogP contribution in [0, 0.1) is 0 Å². The highest BCUT2D eigenvalue weighted by atomic mass is 32.2. The number of allylic oxidation sites excluding steroid dienone is 2. The molecule has 0 N–H and O–H groups in total. The molecular formula is C12H22S. The molecule has 0 saturated heterocycles. The maximum absolute atomic E-state index is 3.98. The Morgan fingerprint density at radius 2 is 1.85 bits per heavy atom. The first-order chi connectivity index (χ1) is 6.04. The first kappa shape index (κ1) is 12.8. The SMILES string of the molecule is C=C(C)C(=C)CCCCSC(C)C. The highest BCUT2D eigenvalue weighted by molar-refractivity contribution is 7.99. The van der Waals surface area contributed by atoms with E-state index in [1.54, 1.807) is 0 Å². The average molecular weight is 198 g/mol. The molecule has 0 aromatic carbocycles. The molecule has 0 aliphatic heterocycles. The maximum Gasteiger partial charge on any atom is -0.000968 e. The van der Waals surface area contributed by atoms with Crippen LogP contribution in [-0.4, -0.2) is 11.0 Å². The third-order valence-electron chi connectivity index (χ3n) is 1.93. The van der Waals surface area contributed by atoms with Crippen LogP contribution in [0.3, 0.4) is 0 Å². The molecule has 0 unspecified atom stereocenters. The van der Waals surface area contributed by atoms with Gasteiger partial charge in [-0.25, -0.2) is 0 Å². The zero-order chi connectivity index (χ0) is 10.3. The Bertz CT molecular complexity index is 168. The Labute approximate surface area is 87.5 Å². The molecule has 76 valence electrons. The maximum atomic E-state index is 3.98. The minimum atomic E-state index is 0.768. The van der Waals surface area contributed by atoms with Gasteiger partial charge in [0.15, 0.2) is 0 Å². The summed E-state index contributed by atoms with van der Waals surface area (Å²) in [7, 11) is 0.